The van der Waals surface area contributed by atoms with Gasteiger partial charge in [-0.05, 0) is 50.0 Å². The Labute approximate surface area is 157 Å². The van der Waals surface area contributed by atoms with Crippen molar-refractivity contribution in [2.75, 3.05) is 18.5 Å². The van der Waals surface area contributed by atoms with E-state index in [1.807, 2.05) is 6.92 Å². The maximum Gasteiger partial charge on any atom is 0.341 e. The van der Waals surface area contributed by atoms with Gasteiger partial charge >= 0.3 is 11.9 Å². The van der Waals surface area contributed by atoms with E-state index in [9.17, 15) is 14.4 Å². The van der Waals surface area contributed by atoms with Crippen molar-refractivity contribution in [1.82, 2.24) is 0 Å². The molecule has 3 rings (SSSR count). The lowest BCUT2D eigenvalue weighted by Crippen LogP contribution is -2.22. The lowest BCUT2D eigenvalue weighted by atomic mass is 9.88. The number of thiophene rings is 1. The minimum atomic E-state index is -0.427. The van der Waals surface area contributed by atoms with Crippen LogP contribution in [0.4, 0.5) is 5.00 Å². The molecule has 6 nitrogen and oxygen atoms in total. The summed E-state index contributed by atoms with van der Waals surface area (Å²) in [5.41, 5.74) is 1.46. The van der Waals surface area contributed by atoms with Crippen molar-refractivity contribution >= 4 is 34.2 Å². The molecule has 0 bridgehead atoms. The maximum atomic E-state index is 12.4. The van der Waals surface area contributed by atoms with Crippen molar-refractivity contribution in [1.29, 1.82) is 0 Å². The molecule has 0 aromatic carbocycles. The molecule has 1 heterocycles. The third-order valence-electron chi connectivity index (χ3n) is 5.00. The van der Waals surface area contributed by atoms with Gasteiger partial charge < -0.3 is 14.8 Å². The van der Waals surface area contributed by atoms with Gasteiger partial charge in [-0.15, -0.1) is 11.3 Å². The highest BCUT2D eigenvalue weighted by Crippen LogP contribution is 2.40. The Kier molecular flexibility index (Phi) is 5.65. The summed E-state index contributed by atoms with van der Waals surface area (Å²) < 4.78 is 10.3. The summed E-state index contributed by atoms with van der Waals surface area (Å²) in [7, 11) is 0. The number of anilines is 1. The predicted molar refractivity (Wildman–Crippen MR) is 98.3 cm³/mol. The number of hydrogen-bond acceptors (Lipinski definition) is 6. The van der Waals surface area contributed by atoms with E-state index in [2.05, 4.69) is 12.2 Å². The zero-order chi connectivity index (χ0) is 18.8. The van der Waals surface area contributed by atoms with Crippen LogP contribution in [0.3, 0.4) is 0 Å². The zero-order valence-corrected chi connectivity index (χ0v) is 16.2. The minimum Gasteiger partial charge on any atom is -0.462 e. The van der Waals surface area contributed by atoms with E-state index in [1.165, 1.54) is 11.3 Å². The average Bonchev–Trinajstić information content (AvgIpc) is 3.21. The van der Waals surface area contributed by atoms with Gasteiger partial charge in [-0.25, -0.2) is 4.79 Å². The number of amides is 1. The van der Waals surface area contributed by atoms with E-state index < -0.39 is 11.9 Å². The summed E-state index contributed by atoms with van der Waals surface area (Å²) in [4.78, 5) is 37.5. The number of nitrogens with one attached hydrogen (secondary N) is 1. The SMILES string of the molecule is CCOC(=O)c1c(NC(=O)COC(=O)[C@H]2C[C@@H]2C)sc2c1CC[C@@H](C)C2. The lowest BCUT2D eigenvalue weighted by Gasteiger charge is -2.18. The number of fused-ring (bicyclic) bond motifs is 1. The normalized spacial score (nSPS) is 23.7. The molecule has 142 valence electrons. The number of esters is 2. The molecule has 1 amide bonds. The van der Waals surface area contributed by atoms with Gasteiger partial charge in [0.05, 0.1) is 18.1 Å². The predicted octanol–water partition coefficient (Wildman–Crippen LogP) is 3.19. The van der Waals surface area contributed by atoms with Gasteiger partial charge in [-0.3, -0.25) is 9.59 Å². The summed E-state index contributed by atoms with van der Waals surface area (Å²) in [5.74, 6) is -0.332. The lowest BCUT2D eigenvalue weighted by molar-refractivity contribution is -0.148. The Morgan fingerprint density at radius 3 is 2.62 bits per heavy atom. The van der Waals surface area contributed by atoms with Crippen LogP contribution in [0.25, 0.3) is 0 Å². The molecule has 26 heavy (non-hydrogen) atoms. The van der Waals surface area contributed by atoms with Crippen LogP contribution in [0.15, 0.2) is 0 Å². The van der Waals surface area contributed by atoms with Crippen molar-refractivity contribution in [3.05, 3.63) is 16.0 Å². The van der Waals surface area contributed by atoms with Crippen LogP contribution in [-0.4, -0.2) is 31.1 Å². The first kappa shape index (κ1) is 18.9. The molecule has 0 aliphatic heterocycles. The summed E-state index contributed by atoms with van der Waals surface area (Å²) in [6, 6.07) is 0. The Balaban J connectivity index is 1.70. The first-order chi connectivity index (χ1) is 12.4. The van der Waals surface area contributed by atoms with E-state index in [0.717, 1.165) is 36.1 Å². The average molecular weight is 379 g/mol. The van der Waals surface area contributed by atoms with E-state index in [1.54, 1.807) is 6.92 Å². The van der Waals surface area contributed by atoms with E-state index in [-0.39, 0.29) is 25.1 Å². The molecule has 0 unspecified atom stereocenters. The van der Waals surface area contributed by atoms with Gasteiger partial charge in [0.25, 0.3) is 5.91 Å². The fourth-order valence-electron chi connectivity index (χ4n) is 3.31. The molecule has 0 spiro atoms. The van der Waals surface area contributed by atoms with Gasteiger partial charge in [-0.1, -0.05) is 13.8 Å². The van der Waals surface area contributed by atoms with Crippen molar-refractivity contribution in [3.63, 3.8) is 0 Å². The first-order valence-corrected chi connectivity index (χ1v) is 10.0. The second-order valence-corrected chi connectivity index (χ2v) is 8.36. The molecular weight excluding hydrogens is 354 g/mol. The smallest absolute Gasteiger partial charge is 0.341 e. The number of hydrogen-bond donors (Lipinski definition) is 1. The molecule has 1 N–H and O–H groups in total. The molecule has 2 aliphatic rings. The van der Waals surface area contributed by atoms with E-state index >= 15 is 0 Å². The molecular formula is C19H25NO5S. The van der Waals surface area contributed by atoms with Crippen LogP contribution < -0.4 is 5.32 Å². The molecule has 1 saturated carbocycles. The fourth-order valence-corrected chi connectivity index (χ4v) is 4.73. The van der Waals surface area contributed by atoms with Crippen LogP contribution in [0, 0.1) is 17.8 Å². The molecule has 1 fully saturated rings. The molecule has 7 heteroatoms. The monoisotopic (exact) mass is 379 g/mol. The van der Waals surface area contributed by atoms with E-state index in [0.29, 0.717) is 22.4 Å². The summed E-state index contributed by atoms with van der Waals surface area (Å²) in [5, 5.41) is 3.25. The maximum absolute atomic E-state index is 12.4. The quantitative estimate of drug-likeness (QED) is 0.768. The molecule has 3 atom stereocenters. The Morgan fingerprint density at radius 2 is 1.96 bits per heavy atom. The highest BCUT2D eigenvalue weighted by molar-refractivity contribution is 7.17. The highest BCUT2D eigenvalue weighted by Gasteiger charge is 2.40. The van der Waals surface area contributed by atoms with Crippen LogP contribution in [0.5, 0.6) is 0 Å². The molecule has 1 aromatic rings. The van der Waals surface area contributed by atoms with Crippen LogP contribution in [0.1, 0.15) is 54.4 Å². The van der Waals surface area contributed by atoms with Crippen molar-refractivity contribution < 1.29 is 23.9 Å². The molecule has 2 aliphatic carbocycles. The topological polar surface area (TPSA) is 81.7 Å². The minimum absolute atomic E-state index is 0.0755. The van der Waals surface area contributed by atoms with Crippen molar-refractivity contribution in [2.45, 2.75) is 46.5 Å². The number of ether oxygens (including phenoxy) is 2. The molecule has 0 saturated heterocycles. The largest absolute Gasteiger partial charge is 0.462 e. The van der Waals surface area contributed by atoms with Crippen molar-refractivity contribution in [3.8, 4) is 0 Å². The van der Waals surface area contributed by atoms with Crippen LogP contribution >= 0.6 is 11.3 Å². The summed E-state index contributed by atoms with van der Waals surface area (Å²) in [6.45, 7) is 5.88. The Bertz CT molecular complexity index is 726. The first-order valence-electron chi connectivity index (χ1n) is 9.18. The molecule has 1 aromatic heterocycles. The third-order valence-corrected chi connectivity index (χ3v) is 6.17. The third kappa shape index (κ3) is 4.09. The van der Waals surface area contributed by atoms with Gasteiger partial charge in [-0.2, -0.15) is 0 Å². The summed E-state index contributed by atoms with van der Waals surface area (Å²) in [6.07, 6.45) is 3.55. The van der Waals surface area contributed by atoms with Gasteiger partial charge in [0, 0.05) is 4.88 Å². The van der Waals surface area contributed by atoms with Gasteiger partial charge in [0.1, 0.15) is 5.00 Å². The zero-order valence-electron chi connectivity index (χ0n) is 15.4. The molecule has 0 radical (unpaired) electrons. The standard InChI is InChI=1S/C19H25NO5S/c1-4-24-19(23)16-12-6-5-10(2)7-14(12)26-17(16)20-15(21)9-25-18(22)13-8-11(13)3/h10-11,13H,4-9H2,1-3H3,(H,20,21)/t10-,11+,13+/m1/s1. The highest BCUT2D eigenvalue weighted by atomic mass is 32.1. The Morgan fingerprint density at radius 1 is 1.23 bits per heavy atom. The van der Waals surface area contributed by atoms with Gasteiger partial charge in [0.2, 0.25) is 0 Å². The number of carbonyl (C=O) groups is 3. The Hall–Kier alpha value is -1.89. The van der Waals surface area contributed by atoms with E-state index in [4.69, 9.17) is 9.47 Å². The second-order valence-electron chi connectivity index (χ2n) is 7.25. The number of rotatable bonds is 6. The number of carbonyl (C=O) groups excluding carboxylic acids is 3. The summed E-state index contributed by atoms with van der Waals surface area (Å²) >= 11 is 1.43. The van der Waals surface area contributed by atoms with Crippen molar-refractivity contribution in [2.24, 2.45) is 17.8 Å². The van der Waals surface area contributed by atoms with Crippen LogP contribution in [-0.2, 0) is 31.9 Å². The second kappa shape index (κ2) is 7.78. The fraction of sp³-hybridized carbons (Fsp3) is 0.632. The van der Waals surface area contributed by atoms with Gasteiger partial charge in [0.15, 0.2) is 6.61 Å². The van der Waals surface area contributed by atoms with Crippen LogP contribution in [0.2, 0.25) is 0 Å².